The van der Waals surface area contributed by atoms with Gasteiger partial charge >= 0.3 is 214 Å². The maximum absolute atomic E-state index is 2.73. The minimum atomic E-state index is -1.64. The zero-order chi connectivity index (χ0) is 24.0. The topological polar surface area (TPSA) is 0 Å². The maximum atomic E-state index is 2.73. The van der Waals surface area contributed by atoms with E-state index >= 15 is 0 Å². The molecule has 0 saturated carbocycles. The predicted octanol–water partition coefficient (Wildman–Crippen LogP) is 8.80. The average molecular weight is 497 g/mol. The Morgan fingerprint density at radius 1 is 0.600 bits per heavy atom. The predicted molar refractivity (Wildman–Crippen MR) is 160 cm³/mol. The Balaban J connectivity index is 1.60. The van der Waals surface area contributed by atoms with Crippen LogP contribution in [-0.2, 0) is 0 Å². The van der Waals surface area contributed by atoms with Gasteiger partial charge in [-0.2, -0.15) is 0 Å². The second-order valence-corrected chi connectivity index (χ2v) is 18.8. The summed E-state index contributed by atoms with van der Waals surface area (Å²) in [4.78, 5) is 0. The normalized spacial score (nSPS) is 27.3. The summed E-state index contributed by atoms with van der Waals surface area (Å²) in [6.07, 6.45) is 5.40. The van der Waals surface area contributed by atoms with Gasteiger partial charge in [-0.25, -0.2) is 0 Å². The zero-order valence-corrected chi connectivity index (χ0v) is 23.2. The molecule has 0 aromatic heterocycles. The van der Waals surface area contributed by atoms with Gasteiger partial charge in [0.25, 0.3) is 0 Å². The van der Waals surface area contributed by atoms with Gasteiger partial charge in [0, 0.05) is 0 Å². The summed E-state index contributed by atoms with van der Waals surface area (Å²) in [5, 5.41) is 6.40. The molecule has 0 aliphatic carbocycles. The van der Waals surface area contributed by atoms with Crippen LogP contribution in [0.15, 0.2) is 97.1 Å². The molecule has 0 nitrogen and oxygen atoms in total. The molecule has 2 aliphatic heterocycles. The molecule has 35 heavy (non-hydrogen) atoms. The molecule has 2 saturated heterocycles. The Bertz CT molecular complexity index is 1260. The van der Waals surface area contributed by atoms with Crippen molar-refractivity contribution >= 4 is 36.6 Å². The molecule has 0 amide bonds. The monoisotopic (exact) mass is 496 g/mol. The summed E-state index contributed by atoms with van der Waals surface area (Å²) in [7, 11) is -2.01. The van der Waals surface area contributed by atoms with Crippen LogP contribution in [0.4, 0.5) is 0 Å². The number of fused-ring (bicyclic) bond motifs is 1. The fraction of sp³-hybridized carbons (Fsp3) is 0.333. The molecule has 0 radical (unpaired) electrons. The molecular formula is C33H38P2. The first-order chi connectivity index (χ1) is 17.1. The first kappa shape index (κ1) is 23.4. The molecule has 0 bridgehead atoms. The van der Waals surface area contributed by atoms with Crippen LogP contribution in [0, 0.1) is 0 Å². The van der Waals surface area contributed by atoms with Crippen LogP contribution in [-0.4, -0.2) is 18.0 Å². The first-order valence-electron chi connectivity index (χ1n) is 13.5. The van der Waals surface area contributed by atoms with E-state index in [0.717, 1.165) is 11.3 Å². The summed E-state index contributed by atoms with van der Waals surface area (Å²) >= 11 is 0. The van der Waals surface area contributed by atoms with E-state index in [9.17, 15) is 0 Å². The van der Waals surface area contributed by atoms with Crippen molar-refractivity contribution in [3.05, 3.63) is 108 Å². The van der Waals surface area contributed by atoms with E-state index in [1.165, 1.54) is 36.5 Å². The van der Waals surface area contributed by atoms with Gasteiger partial charge in [-0.1, -0.05) is 0 Å². The quantitative estimate of drug-likeness (QED) is 0.248. The van der Waals surface area contributed by atoms with Crippen molar-refractivity contribution in [2.24, 2.45) is 0 Å². The third-order valence-electron chi connectivity index (χ3n) is 9.56. The van der Waals surface area contributed by atoms with Gasteiger partial charge in [-0.05, 0) is 0 Å². The van der Waals surface area contributed by atoms with E-state index in [4.69, 9.17) is 0 Å². The van der Waals surface area contributed by atoms with E-state index in [2.05, 4.69) is 118 Å². The van der Waals surface area contributed by atoms with Crippen molar-refractivity contribution in [2.45, 2.75) is 62.2 Å². The fourth-order valence-corrected chi connectivity index (χ4v) is 16.5. The van der Waals surface area contributed by atoms with E-state index in [0.29, 0.717) is 11.3 Å². The summed E-state index contributed by atoms with van der Waals surface area (Å²) in [5.41, 5.74) is 6.08. The summed E-state index contributed by atoms with van der Waals surface area (Å²) < 4.78 is 0. The molecular weight excluding hydrogens is 458 g/mol. The number of benzene rings is 4. The third-order valence-corrected chi connectivity index (χ3v) is 19.4. The molecule has 2 fully saturated rings. The van der Waals surface area contributed by atoms with Gasteiger partial charge in [-0.3, -0.25) is 0 Å². The fourth-order valence-electron chi connectivity index (χ4n) is 7.14. The molecule has 0 N–H and O–H groups in total. The SMILES string of the molecule is C[C@@H]1CC[C@@H](C)[PH]1(C)c1cc2ccccc2cc1P1[C@H](c2ccccc2)CC[C@H]1c1ccccc1. The van der Waals surface area contributed by atoms with Gasteiger partial charge < -0.3 is 0 Å². The molecule has 0 unspecified atom stereocenters. The van der Waals surface area contributed by atoms with Crippen molar-refractivity contribution in [3.63, 3.8) is 0 Å². The molecule has 180 valence electrons. The van der Waals surface area contributed by atoms with E-state index in [1.54, 1.807) is 21.7 Å². The number of hydrogen-bond donors (Lipinski definition) is 0. The van der Waals surface area contributed by atoms with Crippen LogP contribution in [0.3, 0.4) is 0 Å². The van der Waals surface area contributed by atoms with Gasteiger partial charge in [0.2, 0.25) is 0 Å². The van der Waals surface area contributed by atoms with Crippen LogP contribution in [0.1, 0.15) is 62.0 Å². The van der Waals surface area contributed by atoms with Crippen LogP contribution in [0.25, 0.3) is 10.8 Å². The van der Waals surface area contributed by atoms with Gasteiger partial charge in [0.15, 0.2) is 0 Å². The van der Waals surface area contributed by atoms with Crippen LogP contribution >= 0.6 is 15.2 Å². The molecule has 4 atom stereocenters. The second kappa shape index (κ2) is 9.47. The standard InChI is InChI=1S/C33H38P2/c1-24-18-19-25(2)35(24,3)33-23-29-17-11-10-16-28(29)22-32(33)34-30(26-12-6-4-7-13-26)20-21-31(34)27-14-8-5-9-15-27/h4-17,22-25,30-31,35H,18-21H2,1-3H3/t24-,25-,30+,31+/m1/s1. The van der Waals surface area contributed by atoms with E-state index < -0.39 is 7.26 Å². The van der Waals surface area contributed by atoms with E-state index in [-0.39, 0.29) is 7.92 Å². The van der Waals surface area contributed by atoms with Crippen molar-refractivity contribution in [2.75, 3.05) is 6.66 Å². The van der Waals surface area contributed by atoms with E-state index in [1.807, 2.05) is 0 Å². The van der Waals surface area contributed by atoms with Crippen LogP contribution in [0.2, 0.25) is 0 Å². The molecule has 4 aromatic carbocycles. The van der Waals surface area contributed by atoms with Crippen LogP contribution < -0.4 is 10.6 Å². The van der Waals surface area contributed by atoms with Crippen molar-refractivity contribution < 1.29 is 0 Å². The molecule has 4 aromatic rings. The first-order valence-corrected chi connectivity index (χ1v) is 17.6. The van der Waals surface area contributed by atoms with Crippen molar-refractivity contribution in [1.29, 1.82) is 0 Å². The average Bonchev–Trinajstić information content (AvgIpc) is 3.46. The Labute approximate surface area is 213 Å². The molecule has 2 aliphatic rings. The summed E-state index contributed by atoms with van der Waals surface area (Å²) in [6, 6.07) is 37.4. The van der Waals surface area contributed by atoms with Crippen molar-refractivity contribution in [3.8, 4) is 0 Å². The molecule has 2 heterocycles. The zero-order valence-electron chi connectivity index (χ0n) is 21.3. The third kappa shape index (κ3) is 3.99. The Hall–Kier alpha value is -2.00. The molecule has 0 spiro atoms. The van der Waals surface area contributed by atoms with Gasteiger partial charge in [0.05, 0.1) is 0 Å². The van der Waals surface area contributed by atoms with Gasteiger partial charge in [-0.15, -0.1) is 0 Å². The van der Waals surface area contributed by atoms with Crippen LogP contribution in [0.5, 0.6) is 0 Å². The summed E-state index contributed by atoms with van der Waals surface area (Å²) in [6.45, 7) is 7.86. The molecule has 2 heteroatoms. The minimum absolute atomic E-state index is 0.365. The van der Waals surface area contributed by atoms with Gasteiger partial charge in [0.1, 0.15) is 0 Å². The molecule has 6 rings (SSSR count). The Kier molecular flexibility index (Phi) is 6.33. The number of hydrogen-bond acceptors (Lipinski definition) is 0. The van der Waals surface area contributed by atoms with Crippen molar-refractivity contribution in [1.82, 2.24) is 0 Å². The number of rotatable bonds is 4. The Morgan fingerprint density at radius 2 is 1.06 bits per heavy atom. The Morgan fingerprint density at radius 3 is 1.57 bits per heavy atom. The second-order valence-electron chi connectivity index (χ2n) is 11.2. The summed E-state index contributed by atoms with van der Waals surface area (Å²) in [5.74, 6) is 0.